The van der Waals surface area contributed by atoms with Gasteiger partial charge in [0.05, 0.1) is 13.2 Å². The van der Waals surface area contributed by atoms with E-state index >= 15 is 0 Å². The van der Waals surface area contributed by atoms with Crippen LogP contribution in [0, 0.1) is 23.7 Å². The molecule has 4 heteroatoms. The lowest BCUT2D eigenvalue weighted by molar-refractivity contribution is -0.159. The van der Waals surface area contributed by atoms with E-state index in [9.17, 15) is 9.90 Å². The molecule has 18 heavy (non-hydrogen) atoms. The van der Waals surface area contributed by atoms with E-state index in [1.54, 1.807) is 0 Å². The van der Waals surface area contributed by atoms with Crippen molar-refractivity contribution in [1.29, 1.82) is 0 Å². The van der Waals surface area contributed by atoms with Crippen molar-refractivity contribution in [1.82, 2.24) is 0 Å². The van der Waals surface area contributed by atoms with E-state index in [4.69, 9.17) is 9.84 Å². The molecule has 0 amide bonds. The fourth-order valence-electron chi connectivity index (χ4n) is 3.18. The molecular weight excluding hydrogens is 232 g/mol. The van der Waals surface area contributed by atoms with Crippen molar-refractivity contribution in [2.75, 3.05) is 13.2 Å². The lowest BCUT2D eigenvalue weighted by Crippen LogP contribution is -2.42. The zero-order valence-electron chi connectivity index (χ0n) is 11.6. The first-order valence-corrected chi connectivity index (χ1v) is 6.92. The lowest BCUT2D eigenvalue weighted by atomic mass is 9.68. The predicted octanol–water partition coefficient (Wildman–Crippen LogP) is 2.16. The molecule has 0 spiro atoms. The van der Waals surface area contributed by atoms with E-state index in [0.717, 1.165) is 12.8 Å². The number of hydrogen-bond donors (Lipinski definition) is 2. The molecule has 0 heterocycles. The molecule has 106 valence electrons. The molecule has 1 aliphatic carbocycles. The summed E-state index contributed by atoms with van der Waals surface area (Å²) in [5.74, 6) is 0.610. The van der Waals surface area contributed by atoms with Crippen LogP contribution in [0.15, 0.2) is 0 Å². The highest BCUT2D eigenvalue weighted by Crippen LogP contribution is 2.40. The third-order valence-corrected chi connectivity index (χ3v) is 4.09. The third kappa shape index (κ3) is 3.95. The van der Waals surface area contributed by atoms with E-state index < -0.39 is 12.1 Å². The summed E-state index contributed by atoms with van der Waals surface area (Å²) in [7, 11) is 0. The summed E-state index contributed by atoms with van der Waals surface area (Å²) in [4.78, 5) is 11.4. The zero-order valence-corrected chi connectivity index (χ0v) is 11.6. The first-order valence-electron chi connectivity index (χ1n) is 6.92. The van der Waals surface area contributed by atoms with E-state index in [2.05, 4.69) is 20.8 Å². The third-order valence-electron chi connectivity index (χ3n) is 4.09. The molecule has 0 aromatic carbocycles. The largest absolute Gasteiger partial charge is 0.479 e. The highest BCUT2D eigenvalue weighted by molar-refractivity contribution is 5.72. The number of hydrogen-bond acceptors (Lipinski definition) is 3. The topological polar surface area (TPSA) is 66.8 Å². The van der Waals surface area contributed by atoms with Gasteiger partial charge in [-0.25, -0.2) is 4.79 Å². The minimum atomic E-state index is -0.895. The van der Waals surface area contributed by atoms with Crippen molar-refractivity contribution in [2.45, 2.75) is 46.1 Å². The van der Waals surface area contributed by atoms with Crippen molar-refractivity contribution in [3.8, 4) is 0 Å². The van der Waals surface area contributed by atoms with Crippen LogP contribution in [-0.2, 0) is 9.53 Å². The Morgan fingerprint density at radius 3 is 2.50 bits per heavy atom. The second kappa shape index (κ2) is 7.10. The first-order chi connectivity index (χ1) is 8.47. The quantitative estimate of drug-likeness (QED) is 0.766. The molecule has 4 unspecified atom stereocenters. The number of carboxylic acid groups (broad SMARTS) is 1. The van der Waals surface area contributed by atoms with Gasteiger partial charge in [-0.3, -0.25) is 0 Å². The maximum atomic E-state index is 11.4. The van der Waals surface area contributed by atoms with Crippen molar-refractivity contribution < 1.29 is 19.7 Å². The van der Waals surface area contributed by atoms with Gasteiger partial charge in [-0.15, -0.1) is 0 Å². The van der Waals surface area contributed by atoms with Gasteiger partial charge in [0, 0.05) is 0 Å². The van der Waals surface area contributed by atoms with Gasteiger partial charge in [-0.1, -0.05) is 27.2 Å². The summed E-state index contributed by atoms with van der Waals surface area (Å²) in [6.45, 7) is 6.46. The summed E-state index contributed by atoms with van der Waals surface area (Å²) in [6, 6.07) is 0. The fraction of sp³-hybridized carbons (Fsp3) is 0.929. The monoisotopic (exact) mass is 258 g/mol. The minimum Gasteiger partial charge on any atom is -0.479 e. The Bertz CT molecular complexity index is 265. The van der Waals surface area contributed by atoms with Crippen LogP contribution in [0.2, 0.25) is 0 Å². The predicted molar refractivity (Wildman–Crippen MR) is 69.3 cm³/mol. The van der Waals surface area contributed by atoms with Crippen molar-refractivity contribution in [3.63, 3.8) is 0 Å². The van der Waals surface area contributed by atoms with Gasteiger partial charge in [0.2, 0.25) is 0 Å². The molecule has 0 radical (unpaired) electrons. The van der Waals surface area contributed by atoms with Gasteiger partial charge in [0.1, 0.15) is 0 Å². The van der Waals surface area contributed by atoms with Crippen LogP contribution < -0.4 is 0 Å². The Labute approximate surface area is 109 Å². The molecule has 0 aliphatic heterocycles. The highest BCUT2D eigenvalue weighted by atomic mass is 16.5. The number of carbonyl (C=O) groups is 1. The molecule has 4 atom stereocenters. The zero-order chi connectivity index (χ0) is 13.7. The molecular formula is C14H26O4. The van der Waals surface area contributed by atoms with Gasteiger partial charge in [0.15, 0.2) is 6.10 Å². The summed E-state index contributed by atoms with van der Waals surface area (Å²) in [5.41, 5.74) is 0. The Balaban J connectivity index is 2.79. The Morgan fingerprint density at radius 2 is 2.00 bits per heavy atom. The number of aliphatic hydroxyl groups is 1. The van der Waals surface area contributed by atoms with Crippen LogP contribution >= 0.6 is 0 Å². The van der Waals surface area contributed by atoms with Crippen molar-refractivity contribution in [2.24, 2.45) is 23.7 Å². The molecule has 2 N–H and O–H groups in total. The smallest absolute Gasteiger partial charge is 0.333 e. The van der Waals surface area contributed by atoms with Crippen LogP contribution in [0.25, 0.3) is 0 Å². The second-order valence-corrected chi connectivity index (χ2v) is 5.84. The molecule has 1 saturated carbocycles. The molecule has 1 aliphatic rings. The van der Waals surface area contributed by atoms with E-state index in [1.165, 1.54) is 6.42 Å². The summed E-state index contributed by atoms with van der Waals surface area (Å²) >= 11 is 0. The van der Waals surface area contributed by atoms with Crippen LogP contribution in [0.3, 0.4) is 0 Å². The van der Waals surface area contributed by atoms with Gasteiger partial charge in [0.25, 0.3) is 0 Å². The molecule has 0 saturated heterocycles. The number of aliphatic carboxylic acids is 1. The molecule has 4 nitrogen and oxygen atoms in total. The van der Waals surface area contributed by atoms with E-state index in [1.807, 2.05) is 0 Å². The highest BCUT2D eigenvalue weighted by Gasteiger charge is 2.39. The van der Waals surface area contributed by atoms with Crippen molar-refractivity contribution >= 4 is 5.97 Å². The van der Waals surface area contributed by atoms with Crippen molar-refractivity contribution in [3.05, 3.63) is 0 Å². The number of aliphatic hydroxyl groups excluding tert-OH is 1. The SMILES string of the molecule is CC1CCC(C(C)C)C(C(OCCO)C(=O)O)C1. The Morgan fingerprint density at radius 1 is 1.33 bits per heavy atom. The van der Waals surface area contributed by atoms with E-state index in [-0.39, 0.29) is 19.1 Å². The molecule has 0 aromatic rings. The maximum Gasteiger partial charge on any atom is 0.333 e. The molecule has 1 rings (SSSR count). The van der Waals surface area contributed by atoms with E-state index in [0.29, 0.717) is 17.8 Å². The summed E-state index contributed by atoms with van der Waals surface area (Å²) in [6.07, 6.45) is 2.39. The van der Waals surface area contributed by atoms with Gasteiger partial charge in [-0.05, 0) is 36.5 Å². The first kappa shape index (κ1) is 15.4. The summed E-state index contributed by atoms with van der Waals surface area (Å²) in [5, 5.41) is 18.1. The second-order valence-electron chi connectivity index (χ2n) is 5.84. The van der Waals surface area contributed by atoms with Gasteiger partial charge in [-0.2, -0.15) is 0 Å². The standard InChI is InChI=1S/C14H26O4/c1-9(2)11-5-4-10(3)8-12(11)13(14(16)17)18-7-6-15/h9-13,15H,4-8H2,1-3H3,(H,16,17). The summed E-state index contributed by atoms with van der Waals surface area (Å²) < 4.78 is 5.37. The van der Waals surface area contributed by atoms with Gasteiger partial charge < -0.3 is 14.9 Å². The lowest BCUT2D eigenvalue weighted by Gasteiger charge is -2.40. The normalized spacial score (nSPS) is 30.4. The van der Waals surface area contributed by atoms with Crippen LogP contribution in [-0.4, -0.2) is 35.5 Å². The average Bonchev–Trinajstić information content (AvgIpc) is 2.28. The maximum absolute atomic E-state index is 11.4. The average molecular weight is 258 g/mol. The number of ether oxygens (including phenoxy) is 1. The molecule has 0 aromatic heterocycles. The number of rotatable bonds is 6. The van der Waals surface area contributed by atoms with Crippen LogP contribution in [0.1, 0.15) is 40.0 Å². The Hall–Kier alpha value is -0.610. The minimum absolute atomic E-state index is 0.0674. The van der Waals surface area contributed by atoms with Gasteiger partial charge >= 0.3 is 5.97 Å². The fourth-order valence-corrected chi connectivity index (χ4v) is 3.18. The Kier molecular flexibility index (Phi) is 6.09. The van der Waals surface area contributed by atoms with Crippen LogP contribution in [0.5, 0.6) is 0 Å². The number of carboxylic acids is 1. The van der Waals surface area contributed by atoms with Crippen LogP contribution in [0.4, 0.5) is 0 Å². The molecule has 1 fully saturated rings. The molecule has 0 bridgehead atoms.